The molecular formula is C39H42N2O3. The first kappa shape index (κ1) is 30.7. The monoisotopic (exact) mass is 586 g/mol. The third kappa shape index (κ3) is 7.23. The minimum atomic E-state index is -1.01. The quantitative estimate of drug-likeness (QED) is 0.149. The van der Waals surface area contributed by atoms with E-state index in [0.717, 1.165) is 28.9 Å². The van der Waals surface area contributed by atoms with Crippen LogP contribution in [0.5, 0.6) is 5.75 Å². The fourth-order valence-electron chi connectivity index (χ4n) is 5.74. The predicted octanol–water partition coefficient (Wildman–Crippen LogP) is 9.74. The van der Waals surface area contributed by atoms with Gasteiger partial charge in [-0.1, -0.05) is 68.4 Å². The van der Waals surface area contributed by atoms with Crippen LogP contribution in [0.25, 0.3) is 16.8 Å². The summed E-state index contributed by atoms with van der Waals surface area (Å²) in [5, 5.41) is 9.68. The number of rotatable bonds is 13. The van der Waals surface area contributed by atoms with Crippen molar-refractivity contribution in [1.29, 1.82) is 0 Å². The van der Waals surface area contributed by atoms with Crippen molar-refractivity contribution in [3.63, 3.8) is 0 Å². The number of anilines is 1. The Kier molecular flexibility index (Phi) is 9.86. The number of aromatic carboxylic acids is 1. The van der Waals surface area contributed by atoms with E-state index < -0.39 is 5.97 Å². The van der Waals surface area contributed by atoms with Gasteiger partial charge in [0, 0.05) is 42.4 Å². The Bertz CT molecular complexity index is 1650. The third-order valence-corrected chi connectivity index (χ3v) is 8.36. The van der Waals surface area contributed by atoms with Crippen LogP contribution in [-0.4, -0.2) is 21.7 Å². The second-order valence-electron chi connectivity index (χ2n) is 11.6. The molecule has 226 valence electrons. The minimum Gasteiger partial charge on any atom is -0.488 e. The zero-order valence-electron chi connectivity index (χ0n) is 26.1. The number of hydrogen-bond acceptors (Lipinski definition) is 3. The van der Waals surface area contributed by atoms with Crippen LogP contribution in [-0.2, 0) is 13.2 Å². The highest BCUT2D eigenvalue weighted by molar-refractivity contribution is 5.91. The average Bonchev–Trinajstić information content (AvgIpc) is 3.59. The molecule has 5 rings (SSSR count). The van der Waals surface area contributed by atoms with Gasteiger partial charge < -0.3 is 19.3 Å². The van der Waals surface area contributed by atoms with Crippen molar-refractivity contribution >= 4 is 11.7 Å². The Balaban J connectivity index is 1.28. The third-order valence-electron chi connectivity index (χ3n) is 8.36. The molecule has 44 heavy (non-hydrogen) atoms. The smallest absolute Gasteiger partial charge is 0.339 e. The van der Waals surface area contributed by atoms with Gasteiger partial charge in [-0.2, -0.15) is 0 Å². The van der Waals surface area contributed by atoms with Crippen LogP contribution in [0.4, 0.5) is 5.69 Å². The molecular weight excluding hydrogens is 544 g/mol. The van der Waals surface area contributed by atoms with E-state index >= 15 is 0 Å². The Morgan fingerprint density at radius 1 is 0.795 bits per heavy atom. The number of nitrogens with zero attached hydrogens (tertiary/aromatic N) is 2. The summed E-state index contributed by atoms with van der Waals surface area (Å²) in [5.41, 5.74) is 8.18. The zero-order chi connectivity index (χ0) is 31.1. The molecule has 4 aromatic carbocycles. The van der Waals surface area contributed by atoms with Crippen LogP contribution < -0.4 is 9.64 Å². The van der Waals surface area contributed by atoms with E-state index in [2.05, 4.69) is 93.3 Å². The minimum absolute atomic E-state index is 0.145. The van der Waals surface area contributed by atoms with Gasteiger partial charge in [-0.15, -0.1) is 0 Å². The lowest BCUT2D eigenvalue weighted by Crippen LogP contribution is -2.30. The SMILES string of the molecule is CCC(CC)c1ccc(N(Cc2cccc(-c3ccc(COc4cc(-n5cccc5)ccc4C(=O)O)cc3)c2)C(C)C)cc1. The molecule has 0 aliphatic rings. The maximum atomic E-state index is 11.8. The Hall–Kier alpha value is -4.77. The summed E-state index contributed by atoms with van der Waals surface area (Å²) >= 11 is 0. The van der Waals surface area contributed by atoms with Crippen molar-refractivity contribution < 1.29 is 14.6 Å². The second kappa shape index (κ2) is 14.1. The van der Waals surface area contributed by atoms with Gasteiger partial charge in [0.1, 0.15) is 17.9 Å². The van der Waals surface area contributed by atoms with E-state index in [-0.39, 0.29) is 12.2 Å². The van der Waals surface area contributed by atoms with Gasteiger partial charge in [0.2, 0.25) is 0 Å². The number of carboxylic acids is 1. The Morgan fingerprint density at radius 2 is 1.50 bits per heavy atom. The lowest BCUT2D eigenvalue weighted by atomic mass is 9.94. The topological polar surface area (TPSA) is 54.7 Å². The molecule has 5 heteroatoms. The number of benzene rings is 4. The van der Waals surface area contributed by atoms with Gasteiger partial charge in [-0.25, -0.2) is 4.79 Å². The standard InChI is InChI=1S/C39H42N2O3/c1-5-31(6-2)32-16-18-35(19-17-32)41(28(3)4)26-30-10-9-11-34(24-30)33-14-12-29(13-15-33)27-44-38-25-36(40-22-7-8-23-40)20-21-37(38)39(42)43/h7-25,28,31H,5-6,26-27H2,1-4H3,(H,42,43). The zero-order valence-corrected chi connectivity index (χ0v) is 26.1. The Morgan fingerprint density at radius 3 is 2.14 bits per heavy atom. The molecule has 0 radical (unpaired) electrons. The lowest BCUT2D eigenvalue weighted by Gasteiger charge is -2.30. The normalized spacial score (nSPS) is 11.2. The van der Waals surface area contributed by atoms with Gasteiger partial charge in [0.05, 0.1) is 0 Å². The van der Waals surface area contributed by atoms with Crippen LogP contribution in [0, 0.1) is 0 Å². The molecule has 0 saturated heterocycles. The first-order valence-corrected chi connectivity index (χ1v) is 15.5. The highest BCUT2D eigenvalue weighted by Crippen LogP contribution is 2.29. The second-order valence-corrected chi connectivity index (χ2v) is 11.6. The lowest BCUT2D eigenvalue weighted by molar-refractivity contribution is 0.0691. The Labute approximate surface area is 261 Å². The molecule has 0 amide bonds. The average molecular weight is 587 g/mol. The van der Waals surface area contributed by atoms with E-state index in [1.165, 1.54) is 29.7 Å². The number of ether oxygens (including phenoxy) is 1. The van der Waals surface area contributed by atoms with Gasteiger partial charge in [0.25, 0.3) is 0 Å². The molecule has 0 unspecified atom stereocenters. The summed E-state index contributed by atoms with van der Waals surface area (Å²) in [7, 11) is 0. The van der Waals surface area contributed by atoms with Crippen molar-refractivity contribution in [2.24, 2.45) is 0 Å². The molecule has 0 bridgehead atoms. The van der Waals surface area contributed by atoms with Crippen molar-refractivity contribution in [1.82, 2.24) is 4.57 Å². The summed E-state index contributed by atoms with van der Waals surface area (Å²) in [6.07, 6.45) is 6.16. The van der Waals surface area contributed by atoms with E-state index in [0.29, 0.717) is 17.7 Å². The first-order chi connectivity index (χ1) is 21.4. The van der Waals surface area contributed by atoms with E-state index in [1.807, 2.05) is 41.2 Å². The van der Waals surface area contributed by atoms with Crippen LogP contribution in [0.15, 0.2) is 116 Å². The summed E-state index contributed by atoms with van der Waals surface area (Å²) in [5.74, 6) is -0.0426. The maximum absolute atomic E-state index is 11.8. The van der Waals surface area contributed by atoms with E-state index in [9.17, 15) is 9.90 Å². The van der Waals surface area contributed by atoms with E-state index in [1.54, 1.807) is 18.2 Å². The predicted molar refractivity (Wildman–Crippen MR) is 180 cm³/mol. The molecule has 0 spiro atoms. The number of carboxylic acid groups (broad SMARTS) is 1. The van der Waals surface area contributed by atoms with Crippen LogP contribution >= 0.6 is 0 Å². The molecule has 1 heterocycles. The van der Waals surface area contributed by atoms with Crippen LogP contribution in [0.3, 0.4) is 0 Å². The van der Waals surface area contributed by atoms with Gasteiger partial charge in [0.15, 0.2) is 0 Å². The van der Waals surface area contributed by atoms with Crippen LogP contribution in [0.1, 0.15) is 73.5 Å². The van der Waals surface area contributed by atoms with Crippen molar-refractivity contribution in [3.8, 4) is 22.6 Å². The highest BCUT2D eigenvalue weighted by Gasteiger charge is 2.15. The first-order valence-electron chi connectivity index (χ1n) is 15.5. The molecule has 5 nitrogen and oxygen atoms in total. The fourth-order valence-corrected chi connectivity index (χ4v) is 5.74. The molecule has 0 fully saturated rings. The molecule has 1 aromatic heterocycles. The van der Waals surface area contributed by atoms with Crippen molar-refractivity contribution in [3.05, 3.63) is 138 Å². The molecule has 0 aliphatic carbocycles. The summed E-state index contributed by atoms with van der Waals surface area (Å²) in [6, 6.07) is 35.5. The highest BCUT2D eigenvalue weighted by atomic mass is 16.5. The molecule has 0 saturated carbocycles. The van der Waals surface area contributed by atoms with Gasteiger partial charge >= 0.3 is 5.97 Å². The number of hydrogen-bond donors (Lipinski definition) is 1. The fraction of sp³-hybridized carbons (Fsp3) is 0.256. The molecule has 1 N–H and O–H groups in total. The largest absolute Gasteiger partial charge is 0.488 e. The van der Waals surface area contributed by atoms with E-state index in [4.69, 9.17) is 4.74 Å². The molecule has 5 aromatic rings. The molecule has 0 atom stereocenters. The van der Waals surface area contributed by atoms with Gasteiger partial charge in [-0.05, 0) is 103 Å². The molecule has 0 aliphatic heterocycles. The van der Waals surface area contributed by atoms with Crippen LogP contribution in [0.2, 0.25) is 0 Å². The van der Waals surface area contributed by atoms with Crippen molar-refractivity contribution in [2.75, 3.05) is 4.90 Å². The van der Waals surface area contributed by atoms with Crippen molar-refractivity contribution in [2.45, 2.75) is 65.6 Å². The number of carbonyl (C=O) groups is 1. The number of aromatic nitrogens is 1. The van der Waals surface area contributed by atoms with Gasteiger partial charge in [-0.3, -0.25) is 0 Å². The maximum Gasteiger partial charge on any atom is 0.339 e. The summed E-state index contributed by atoms with van der Waals surface area (Å²) in [6.45, 7) is 10.1. The summed E-state index contributed by atoms with van der Waals surface area (Å²) in [4.78, 5) is 14.3. The summed E-state index contributed by atoms with van der Waals surface area (Å²) < 4.78 is 7.95.